The standard InChI is InChI=1S/C26H29N3O5S/c1-19-25(33-23-9-7-21(8-10-23)22-16-31-35(30)32-17-22)27-18-28-26(19)34-24-11-13-29(14-12-24)15-20-5-3-2-4-6-20/h2-10,18,22,24H,11-17H2,1H3/t22-,35-. The third-order valence-electron chi connectivity index (χ3n) is 6.35. The lowest BCUT2D eigenvalue weighted by Crippen LogP contribution is -2.38. The second-order valence-corrected chi connectivity index (χ2v) is 9.71. The minimum Gasteiger partial charge on any atom is -0.474 e. The van der Waals surface area contributed by atoms with Crippen molar-refractivity contribution in [2.75, 3.05) is 26.3 Å². The average Bonchev–Trinajstić information content (AvgIpc) is 2.89. The van der Waals surface area contributed by atoms with Gasteiger partial charge < -0.3 is 9.47 Å². The van der Waals surface area contributed by atoms with Crippen LogP contribution in [-0.2, 0) is 26.3 Å². The van der Waals surface area contributed by atoms with E-state index in [9.17, 15) is 4.21 Å². The molecule has 2 saturated heterocycles. The van der Waals surface area contributed by atoms with Crippen LogP contribution in [0.15, 0.2) is 60.9 Å². The van der Waals surface area contributed by atoms with E-state index < -0.39 is 11.4 Å². The maximum absolute atomic E-state index is 11.2. The van der Waals surface area contributed by atoms with E-state index >= 15 is 0 Å². The largest absolute Gasteiger partial charge is 0.474 e. The number of aromatic nitrogens is 2. The molecule has 8 nitrogen and oxygen atoms in total. The molecule has 35 heavy (non-hydrogen) atoms. The van der Waals surface area contributed by atoms with Crippen LogP contribution in [0.1, 0.15) is 35.4 Å². The van der Waals surface area contributed by atoms with Crippen LogP contribution >= 0.6 is 0 Å². The third-order valence-corrected chi connectivity index (χ3v) is 7.01. The van der Waals surface area contributed by atoms with Gasteiger partial charge in [0, 0.05) is 25.6 Å². The monoisotopic (exact) mass is 495 g/mol. The van der Waals surface area contributed by atoms with Gasteiger partial charge in [-0.3, -0.25) is 13.3 Å². The smallest absolute Gasteiger partial charge is 0.304 e. The Balaban J connectivity index is 1.16. The van der Waals surface area contributed by atoms with Crippen LogP contribution in [0.5, 0.6) is 17.5 Å². The third kappa shape index (κ3) is 6.24. The van der Waals surface area contributed by atoms with E-state index in [1.807, 2.05) is 37.3 Å². The van der Waals surface area contributed by atoms with Crippen molar-refractivity contribution in [1.29, 1.82) is 0 Å². The minimum absolute atomic E-state index is 0.0432. The summed E-state index contributed by atoms with van der Waals surface area (Å²) in [5, 5.41) is 0. The summed E-state index contributed by atoms with van der Waals surface area (Å²) in [5.41, 5.74) is 3.15. The summed E-state index contributed by atoms with van der Waals surface area (Å²) in [6, 6.07) is 18.2. The van der Waals surface area contributed by atoms with Gasteiger partial charge in [-0.2, -0.15) is 4.21 Å². The van der Waals surface area contributed by atoms with Crippen molar-refractivity contribution < 1.29 is 22.0 Å². The van der Waals surface area contributed by atoms with Gasteiger partial charge in [-0.25, -0.2) is 9.97 Å². The Morgan fingerprint density at radius 3 is 2.37 bits per heavy atom. The lowest BCUT2D eigenvalue weighted by atomic mass is 10.0. The first-order valence-corrected chi connectivity index (χ1v) is 12.8. The molecular formula is C26H29N3O5S. The molecule has 2 aliphatic heterocycles. The molecule has 184 valence electrons. The van der Waals surface area contributed by atoms with E-state index in [0.717, 1.165) is 43.6 Å². The van der Waals surface area contributed by atoms with Crippen LogP contribution in [0.2, 0.25) is 0 Å². The van der Waals surface area contributed by atoms with Crippen molar-refractivity contribution in [2.45, 2.75) is 38.3 Å². The molecule has 3 heterocycles. The van der Waals surface area contributed by atoms with E-state index in [2.05, 4.69) is 39.1 Å². The molecule has 0 saturated carbocycles. The first-order chi connectivity index (χ1) is 17.1. The molecule has 2 aromatic carbocycles. The molecule has 0 aliphatic carbocycles. The van der Waals surface area contributed by atoms with Gasteiger partial charge >= 0.3 is 11.4 Å². The van der Waals surface area contributed by atoms with Crippen LogP contribution < -0.4 is 9.47 Å². The molecule has 0 bridgehead atoms. The molecule has 3 aromatic rings. The summed E-state index contributed by atoms with van der Waals surface area (Å²) < 4.78 is 33.6. The summed E-state index contributed by atoms with van der Waals surface area (Å²) in [7, 11) is 0. The number of hydrogen-bond donors (Lipinski definition) is 0. The molecule has 0 spiro atoms. The quantitative estimate of drug-likeness (QED) is 0.479. The van der Waals surface area contributed by atoms with Crippen LogP contribution in [0.3, 0.4) is 0 Å². The molecule has 5 rings (SSSR count). The van der Waals surface area contributed by atoms with Gasteiger partial charge in [0.2, 0.25) is 11.8 Å². The van der Waals surface area contributed by atoms with Crippen LogP contribution in [0, 0.1) is 6.92 Å². The highest BCUT2D eigenvalue weighted by Gasteiger charge is 2.23. The Bertz CT molecular complexity index is 1130. The summed E-state index contributed by atoms with van der Waals surface area (Å²) in [6.07, 6.45) is 3.51. The van der Waals surface area contributed by atoms with Gasteiger partial charge in [-0.15, -0.1) is 0 Å². The lowest BCUT2D eigenvalue weighted by Gasteiger charge is -2.32. The molecule has 2 fully saturated rings. The van der Waals surface area contributed by atoms with E-state index in [1.54, 1.807) is 0 Å². The highest BCUT2D eigenvalue weighted by molar-refractivity contribution is 7.75. The molecule has 0 atom stereocenters. The van der Waals surface area contributed by atoms with Crippen molar-refractivity contribution in [2.24, 2.45) is 0 Å². The maximum Gasteiger partial charge on any atom is 0.304 e. The first kappa shape index (κ1) is 23.9. The van der Waals surface area contributed by atoms with Crippen molar-refractivity contribution >= 4 is 11.4 Å². The maximum atomic E-state index is 11.2. The molecule has 0 radical (unpaired) electrons. The number of hydrogen-bond acceptors (Lipinski definition) is 8. The zero-order valence-electron chi connectivity index (χ0n) is 19.7. The number of ether oxygens (including phenoxy) is 2. The second-order valence-electron chi connectivity index (χ2n) is 8.83. The number of benzene rings is 2. The van der Waals surface area contributed by atoms with E-state index in [4.69, 9.17) is 17.8 Å². The minimum atomic E-state index is -1.64. The summed E-state index contributed by atoms with van der Waals surface area (Å²) in [4.78, 5) is 11.1. The molecular weight excluding hydrogens is 466 g/mol. The molecule has 1 aromatic heterocycles. The number of likely N-dealkylation sites (tertiary alicyclic amines) is 1. The van der Waals surface area contributed by atoms with Crippen LogP contribution in [-0.4, -0.2) is 51.5 Å². The Morgan fingerprint density at radius 2 is 1.66 bits per heavy atom. The number of rotatable bonds is 7. The van der Waals surface area contributed by atoms with Gasteiger partial charge in [-0.05, 0) is 43.0 Å². The Hall–Kier alpha value is -2.85. The molecule has 0 N–H and O–H groups in total. The Kier molecular flexibility index (Phi) is 7.68. The Labute approximate surface area is 208 Å². The summed E-state index contributed by atoms with van der Waals surface area (Å²) in [5.74, 6) is 1.75. The van der Waals surface area contributed by atoms with Crippen molar-refractivity contribution in [3.63, 3.8) is 0 Å². The summed E-state index contributed by atoms with van der Waals surface area (Å²) in [6.45, 7) is 5.60. The topological polar surface area (TPSA) is 83.0 Å². The van der Waals surface area contributed by atoms with Crippen molar-refractivity contribution in [3.05, 3.63) is 77.6 Å². The zero-order valence-corrected chi connectivity index (χ0v) is 20.5. The van der Waals surface area contributed by atoms with E-state index in [-0.39, 0.29) is 12.0 Å². The average molecular weight is 496 g/mol. The van der Waals surface area contributed by atoms with Gasteiger partial charge in [0.15, 0.2) is 0 Å². The number of nitrogens with zero attached hydrogens (tertiary/aromatic N) is 3. The van der Waals surface area contributed by atoms with E-state index in [1.165, 1.54) is 11.9 Å². The van der Waals surface area contributed by atoms with Gasteiger partial charge in [0.05, 0.1) is 18.8 Å². The van der Waals surface area contributed by atoms with Crippen LogP contribution in [0.25, 0.3) is 0 Å². The van der Waals surface area contributed by atoms with Crippen molar-refractivity contribution in [3.8, 4) is 17.5 Å². The molecule has 9 heteroatoms. The Morgan fingerprint density at radius 1 is 0.971 bits per heavy atom. The predicted molar refractivity (Wildman–Crippen MR) is 131 cm³/mol. The summed E-state index contributed by atoms with van der Waals surface area (Å²) >= 11 is -1.64. The normalized spacial score (nSPS) is 21.5. The van der Waals surface area contributed by atoms with Gasteiger partial charge in [0.1, 0.15) is 18.2 Å². The predicted octanol–water partition coefficient (Wildman–Crippen LogP) is 4.33. The molecule has 2 aliphatic rings. The fourth-order valence-electron chi connectivity index (χ4n) is 4.29. The fraction of sp³-hybridized carbons (Fsp3) is 0.385. The van der Waals surface area contributed by atoms with Gasteiger partial charge in [0.25, 0.3) is 0 Å². The SMILES string of the molecule is Cc1c(Oc2ccc([C@H]3CO[S@](=O)OC3)cc2)ncnc1OC1CCN(Cc2ccccc2)CC1. The van der Waals surface area contributed by atoms with Crippen molar-refractivity contribution in [1.82, 2.24) is 14.9 Å². The highest BCUT2D eigenvalue weighted by atomic mass is 32.2. The number of piperidine rings is 1. The fourth-order valence-corrected chi connectivity index (χ4v) is 4.91. The molecule has 0 amide bonds. The lowest BCUT2D eigenvalue weighted by molar-refractivity contribution is 0.0922. The molecule has 0 unspecified atom stereocenters. The zero-order chi connectivity index (χ0) is 24.0. The first-order valence-electron chi connectivity index (χ1n) is 11.8. The van der Waals surface area contributed by atoms with Gasteiger partial charge in [-0.1, -0.05) is 42.5 Å². The van der Waals surface area contributed by atoms with Crippen LogP contribution in [0.4, 0.5) is 0 Å². The highest BCUT2D eigenvalue weighted by Crippen LogP contribution is 2.30. The second kappa shape index (κ2) is 11.3. The van der Waals surface area contributed by atoms with E-state index in [0.29, 0.717) is 30.7 Å².